The summed E-state index contributed by atoms with van der Waals surface area (Å²) in [5.74, 6) is 0.795. The predicted octanol–water partition coefficient (Wildman–Crippen LogP) is 4.64. The summed E-state index contributed by atoms with van der Waals surface area (Å²) in [4.78, 5) is 21.5. The molecule has 29 heavy (non-hydrogen) atoms. The zero-order valence-corrected chi connectivity index (χ0v) is 17.5. The van der Waals surface area contributed by atoms with Crippen LogP contribution in [0, 0.1) is 0 Å². The molecule has 0 bridgehead atoms. The Morgan fingerprint density at radius 3 is 2.62 bits per heavy atom. The Morgan fingerprint density at radius 1 is 1.10 bits per heavy atom. The van der Waals surface area contributed by atoms with Crippen LogP contribution >= 0.6 is 15.9 Å². The lowest BCUT2D eigenvalue weighted by atomic mass is 10.2. The van der Waals surface area contributed by atoms with Gasteiger partial charge in [-0.3, -0.25) is 15.1 Å². The van der Waals surface area contributed by atoms with Crippen molar-refractivity contribution in [2.45, 2.75) is 13.5 Å². The highest BCUT2D eigenvalue weighted by Crippen LogP contribution is 2.16. The Balaban J connectivity index is 1.77. The molecule has 1 amide bonds. The number of rotatable bonds is 6. The lowest BCUT2D eigenvalue weighted by molar-refractivity contribution is 0.0977. The van der Waals surface area contributed by atoms with Crippen molar-refractivity contribution in [3.8, 4) is 5.75 Å². The van der Waals surface area contributed by atoms with Gasteiger partial charge in [0.15, 0.2) is 0 Å². The van der Waals surface area contributed by atoms with Crippen molar-refractivity contribution in [2.24, 2.45) is 4.99 Å². The molecule has 0 aliphatic heterocycles. The number of aromatic nitrogens is 1. The molecule has 3 rings (SSSR count). The van der Waals surface area contributed by atoms with Crippen LogP contribution in [0.2, 0.25) is 0 Å². The third kappa shape index (κ3) is 6.43. The smallest absolute Gasteiger partial charge is 0.257 e. The Kier molecular flexibility index (Phi) is 7.35. The first-order valence-corrected chi connectivity index (χ1v) is 9.94. The topological polar surface area (TPSA) is 75.6 Å². The summed E-state index contributed by atoms with van der Waals surface area (Å²) in [5, 5.41) is 6.00. The van der Waals surface area contributed by atoms with E-state index in [4.69, 9.17) is 4.74 Å². The largest absolute Gasteiger partial charge is 0.494 e. The van der Waals surface area contributed by atoms with Gasteiger partial charge in [-0.2, -0.15) is 0 Å². The van der Waals surface area contributed by atoms with Gasteiger partial charge < -0.3 is 10.1 Å². The first kappa shape index (κ1) is 20.5. The molecule has 2 aromatic carbocycles. The second kappa shape index (κ2) is 10.4. The van der Waals surface area contributed by atoms with E-state index in [1.54, 1.807) is 30.5 Å². The molecule has 1 heterocycles. The van der Waals surface area contributed by atoms with Gasteiger partial charge in [0.2, 0.25) is 5.96 Å². The number of nitrogens with zero attached hydrogens (tertiary/aromatic N) is 2. The Hall–Kier alpha value is -3.19. The molecule has 0 atom stereocenters. The van der Waals surface area contributed by atoms with E-state index in [0.717, 1.165) is 21.6 Å². The molecule has 0 aliphatic carbocycles. The van der Waals surface area contributed by atoms with E-state index in [-0.39, 0.29) is 5.91 Å². The minimum atomic E-state index is -0.268. The fraction of sp³-hybridized carbons (Fsp3) is 0.136. The van der Waals surface area contributed by atoms with Crippen molar-refractivity contribution in [3.63, 3.8) is 0 Å². The number of halogens is 1. The van der Waals surface area contributed by atoms with E-state index < -0.39 is 0 Å². The van der Waals surface area contributed by atoms with Gasteiger partial charge in [-0.05, 0) is 61.5 Å². The van der Waals surface area contributed by atoms with Crippen LogP contribution < -0.4 is 15.4 Å². The van der Waals surface area contributed by atoms with Crippen LogP contribution in [0.4, 0.5) is 5.69 Å². The molecule has 0 aliphatic rings. The van der Waals surface area contributed by atoms with Crippen molar-refractivity contribution in [1.29, 1.82) is 0 Å². The van der Waals surface area contributed by atoms with Crippen LogP contribution in [-0.4, -0.2) is 23.5 Å². The first-order chi connectivity index (χ1) is 14.1. The molecule has 2 N–H and O–H groups in total. The molecular weight excluding hydrogens is 432 g/mol. The number of hydrogen-bond donors (Lipinski definition) is 2. The highest BCUT2D eigenvalue weighted by atomic mass is 79.9. The molecule has 0 unspecified atom stereocenters. The second-order valence-corrected chi connectivity index (χ2v) is 6.95. The fourth-order valence-corrected chi connectivity index (χ4v) is 2.91. The molecule has 0 radical (unpaired) electrons. The van der Waals surface area contributed by atoms with Gasteiger partial charge >= 0.3 is 0 Å². The maximum atomic E-state index is 12.7. The number of carbonyl (C=O) groups excluding carboxylic acids is 1. The SMILES string of the molecule is CCOc1ccc(C(=O)NC(=NCc2ccccn2)Nc2cccc(Br)c2)cc1. The van der Waals surface area contributed by atoms with Gasteiger partial charge in [0.25, 0.3) is 5.91 Å². The Morgan fingerprint density at radius 2 is 1.93 bits per heavy atom. The average Bonchev–Trinajstić information content (AvgIpc) is 2.73. The van der Waals surface area contributed by atoms with Crippen LogP contribution in [0.1, 0.15) is 23.0 Å². The Bertz CT molecular complexity index is 976. The standard InChI is InChI=1S/C22H21BrN4O2/c1-2-29-20-11-9-16(10-12-20)21(28)27-22(25-15-19-7-3-4-13-24-19)26-18-8-5-6-17(23)14-18/h3-14H,2,15H2,1H3,(H2,25,26,27,28). The normalized spacial score (nSPS) is 11.0. The van der Waals surface area contributed by atoms with Gasteiger partial charge in [-0.25, -0.2) is 4.99 Å². The number of guanidine groups is 1. The maximum Gasteiger partial charge on any atom is 0.257 e. The number of carbonyl (C=O) groups is 1. The molecule has 7 heteroatoms. The number of amides is 1. The predicted molar refractivity (Wildman–Crippen MR) is 118 cm³/mol. The zero-order chi connectivity index (χ0) is 20.5. The summed E-state index contributed by atoms with van der Waals surface area (Å²) in [6.45, 7) is 2.83. The maximum absolute atomic E-state index is 12.7. The Labute approximate surface area is 178 Å². The van der Waals surface area contributed by atoms with Gasteiger partial charge in [0.05, 0.1) is 18.8 Å². The van der Waals surface area contributed by atoms with Crippen LogP contribution in [0.15, 0.2) is 82.4 Å². The van der Waals surface area contributed by atoms with Crippen molar-refractivity contribution < 1.29 is 9.53 Å². The highest BCUT2D eigenvalue weighted by Gasteiger charge is 2.10. The van der Waals surface area contributed by atoms with Gasteiger partial charge in [-0.1, -0.05) is 28.1 Å². The molecular formula is C22H21BrN4O2. The molecule has 1 aromatic heterocycles. The molecule has 6 nitrogen and oxygen atoms in total. The highest BCUT2D eigenvalue weighted by molar-refractivity contribution is 9.10. The van der Waals surface area contributed by atoms with Crippen LogP contribution in [0.25, 0.3) is 0 Å². The van der Waals surface area contributed by atoms with Crippen molar-refractivity contribution in [1.82, 2.24) is 10.3 Å². The summed E-state index contributed by atoms with van der Waals surface area (Å²) < 4.78 is 6.34. The molecule has 0 saturated carbocycles. The van der Waals surface area contributed by atoms with Gasteiger partial charge in [0, 0.05) is 21.9 Å². The van der Waals surface area contributed by atoms with Crippen molar-refractivity contribution >= 4 is 33.5 Å². The number of pyridine rings is 1. The number of nitrogens with one attached hydrogen (secondary N) is 2. The molecule has 3 aromatic rings. The van der Waals surface area contributed by atoms with E-state index in [1.807, 2.05) is 49.4 Å². The van der Waals surface area contributed by atoms with E-state index in [1.165, 1.54) is 0 Å². The number of aliphatic imine (C=N–C) groups is 1. The van der Waals surface area contributed by atoms with Crippen molar-refractivity contribution in [3.05, 3.63) is 88.7 Å². The second-order valence-electron chi connectivity index (χ2n) is 6.03. The van der Waals surface area contributed by atoms with Crippen LogP contribution in [0.5, 0.6) is 5.75 Å². The van der Waals surface area contributed by atoms with Gasteiger partial charge in [-0.15, -0.1) is 0 Å². The summed E-state index contributed by atoms with van der Waals surface area (Å²) >= 11 is 3.45. The first-order valence-electron chi connectivity index (χ1n) is 9.15. The lowest BCUT2D eigenvalue weighted by Gasteiger charge is -2.12. The zero-order valence-electron chi connectivity index (χ0n) is 15.9. The van der Waals surface area contributed by atoms with E-state index >= 15 is 0 Å². The number of anilines is 1. The van der Waals surface area contributed by atoms with E-state index in [9.17, 15) is 4.79 Å². The number of benzene rings is 2. The van der Waals surface area contributed by atoms with Crippen LogP contribution in [0.3, 0.4) is 0 Å². The summed E-state index contributed by atoms with van der Waals surface area (Å²) in [6, 6.07) is 20.2. The minimum absolute atomic E-state index is 0.268. The lowest BCUT2D eigenvalue weighted by Crippen LogP contribution is -2.36. The molecule has 0 spiro atoms. The summed E-state index contributed by atoms with van der Waals surface area (Å²) in [5.41, 5.74) is 2.11. The van der Waals surface area contributed by atoms with Crippen LogP contribution in [-0.2, 0) is 6.54 Å². The number of hydrogen-bond acceptors (Lipinski definition) is 4. The van der Waals surface area contributed by atoms with Gasteiger partial charge in [0.1, 0.15) is 5.75 Å². The quantitative estimate of drug-likeness (QED) is 0.421. The van der Waals surface area contributed by atoms with E-state index in [0.29, 0.717) is 24.7 Å². The summed E-state index contributed by atoms with van der Waals surface area (Å²) in [7, 11) is 0. The number of ether oxygens (including phenoxy) is 1. The average molecular weight is 453 g/mol. The van der Waals surface area contributed by atoms with Crippen molar-refractivity contribution in [2.75, 3.05) is 11.9 Å². The summed E-state index contributed by atoms with van der Waals surface area (Å²) in [6.07, 6.45) is 1.71. The minimum Gasteiger partial charge on any atom is -0.494 e. The van der Waals surface area contributed by atoms with E-state index in [2.05, 4.69) is 36.5 Å². The molecule has 0 fully saturated rings. The third-order valence-corrected chi connectivity index (χ3v) is 4.37. The molecule has 0 saturated heterocycles. The molecule has 148 valence electrons. The third-order valence-electron chi connectivity index (χ3n) is 3.87. The fourth-order valence-electron chi connectivity index (χ4n) is 2.51. The monoisotopic (exact) mass is 452 g/mol.